The van der Waals surface area contributed by atoms with Crippen molar-refractivity contribution < 1.29 is 9.59 Å². The van der Waals surface area contributed by atoms with Gasteiger partial charge in [-0.3, -0.25) is 9.59 Å². The molecule has 3 unspecified atom stereocenters. The molecule has 0 spiro atoms. The SMILES string of the molecule is CNC(=O)C(C)CN(C)C(=O)CC(C)C1CCCNC1. The lowest BCUT2D eigenvalue weighted by Gasteiger charge is -2.29. The van der Waals surface area contributed by atoms with Gasteiger partial charge in [0.1, 0.15) is 0 Å². The Morgan fingerprint density at radius 1 is 1.40 bits per heavy atom. The fourth-order valence-electron chi connectivity index (χ4n) is 2.80. The van der Waals surface area contributed by atoms with Crippen LogP contribution >= 0.6 is 0 Å². The molecular weight excluding hydrogens is 254 g/mol. The summed E-state index contributed by atoms with van der Waals surface area (Å²) in [5.74, 6) is 0.944. The maximum atomic E-state index is 12.2. The van der Waals surface area contributed by atoms with Gasteiger partial charge in [0.15, 0.2) is 0 Å². The van der Waals surface area contributed by atoms with Crippen molar-refractivity contribution >= 4 is 11.8 Å². The van der Waals surface area contributed by atoms with Gasteiger partial charge in [-0.2, -0.15) is 0 Å². The van der Waals surface area contributed by atoms with E-state index in [1.807, 2.05) is 6.92 Å². The minimum atomic E-state index is -0.166. The number of amides is 2. The van der Waals surface area contributed by atoms with E-state index in [4.69, 9.17) is 0 Å². The molecule has 2 amide bonds. The Hall–Kier alpha value is -1.10. The van der Waals surface area contributed by atoms with Crippen LogP contribution in [-0.2, 0) is 9.59 Å². The monoisotopic (exact) mass is 283 g/mol. The van der Waals surface area contributed by atoms with Crippen LogP contribution in [0.1, 0.15) is 33.1 Å². The highest BCUT2D eigenvalue weighted by Crippen LogP contribution is 2.23. The van der Waals surface area contributed by atoms with Gasteiger partial charge in [0, 0.05) is 27.1 Å². The van der Waals surface area contributed by atoms with Crippen LogP contribution in [0.2, 0.25) is 0 Å². The zero-order valence-electron chi connectivity index (χ0n) is 13.2. The molecule has 1 fully saturated rings. The highest BCUT2D eigenvalue weighted by molar-refractivity contribution is 5.80. The number of rotatable bonds is 6. The molecule has 5 nitrogen and oxygen atoms in total. The van der Waals surface area contributed by atoms with Gasteiger partial charge in [-0.15, -0.1) is 0 Å². The minimum absolute atomic E-state index is 0.0193. The zero-order valence-corrected chi connectivity index (χ0v) is 13.2. The molecule has 0 aliphatic carbocycles. The van der Waals surface area contributed by atoms with Crippen molar-refractivity contribution in [1.82, 2.24) is 15.5 Å². The maximum Gasteiger partial charge on any atom is 0.224 e. The molecule has 3 atom stereocenters. The molecule has 0 bridgehead atoms. The third-order valence-electron chi connectivity index (χ3n) is 4.30. The van der Waals surface area contributed by atoms with Crippen molar-refractivity contribution in [2.24, 2.45) is 17.8 Å². The van der Waals surface area contributed by atoms with Crippen molar-refractivity contribution in [3.63, 3.8) is 0 Å². The summed E-state index contributed by atoms with van der Waals surface area (Å²) < 4.78 is 0. The van der Waals surface area contributed by atoms with E-state index in [0.29, 0.717) is 24.8 Å². The van der Waals surface area contributed by atoms with Gasteiger partial charge in [-0.05, 0) is 37.8 Å². The molecule has 0 aromatic carbocycles. The van der Waals surface area contributed by atoms with Gasteiger partial charge < -0.3 is 15.5 Å². The van der Waals surface area contributed by atoms with E-state index in [1.54, 1.807) is 19.0 Å². The fourth-order valence-corrected chi connectivity index (χ4v) is 2.80. The van der Waals surface area contributed by atoms with Crippen LogP contribution in [0.3, 0.4) is 0 Å². The average molecular weight is 283 g/mol. The first kappa shape index (κ1) is 17.0. The molecular formula is C15H29N3O2. The van der Waals surface area contributed by atoms with E-state index in [-0.39, 0.29) is 17.7 Å². The Balaban J connectivity index is 2.38. The highest BCUT2D eigenvalue weighted by Gasteiger charge is 2.24. The Labute approximate surface area is 122 Å². The van der Waals surface area contributed by atoms with Gasteiger partial charge in [0.05, 0.1) is 5.92 Å². The second-order valence-corrected chi connectivity index (χ2v) is 6.08. The topological polar surface area (TPSA) is 61.4 Å². The van der Waals surface area contributed by atoms with E-state index >= 15 is 0 Å². The predicted octanol–water partition coefficient (Wildman–Crippen LogP) is 0.853. The largest absolute Gasteiger partial charge is 0.359 e. The minimum Gasteiger partial charge on any atom is -0.359 e. The molecule has 116 valence electrons. The van der Waals surface area contributed by atoms with Crippen molar-refractivity contribution in [2.75, 3.05) is 33.7 Å². The lowest BCUT2D eigenvalue weighted by Crippen LogP contribution is -2.39. The van der Waals surface area contributed by atoms with Crippen LogP contribution in [0.4, 0.5) is 0 Å². The van der Waals surface area contributed by atoms with Gasteiger partial charge in [-0.1, -0.05) is 13.8 Å². The normalized spacial score (nSPS) is 21.9. The molecule has 1 aliphatic heterocycles. The lowest BCUT2D eigenvalue weighted by atomic mass is 9.85. The van der Waals surface area contributed by atoms with Crippen molar-refractivity contribution in [1.29, 1.82) is 0 Å². The second-order valence-electron chi connectivity index (χ2n) is 6.08. The number of hydrogen-bond acceptors (Lipinski definition) is 3. The Bertz CT molecular complexity index is 327. The predicted molar refractivity (Wildman–Crippen MR) is 80.2 cm³/mol. The molecule has 0 aromatic heterocycles. The lowest BCUT2D eigenvalue weighted by molar-refractivity contribution is -0.133. The van der Waals surface area contributed by atoms with Crippen LogP contribution in [0.25, 0.3) is 0 Å². The summed E-state index contributed by atoms with van der Waals surface area (Å²) >= 11 is 0. The quantitative estimate of drug-likeness (QED) is 0.760. The van der Waals surface area contributed by atoms with Crippen LogP contribution < -0.4 is 10.6 Å². The number of nitrogens with zero attached hydrogens (tertiary/aromatic N) is 1. The first-order valence-electron chi connectivity index (χ1n) is 7.62. The molecule has 5 heteroatoms. The van der Waals surface area contributed by atoms with Crippen molar-refractivity contribution in [3.05, 3.63) is 0 Å². The fraction of sp³-hybridized carbons (Fsp3) is 0.867. The number of hydrogen-bond donors (Lipinski definition) is 2. The first-order chi connectivity index (χ1) is 9.45. The van der Waals surface area contributed by atoms with Crippen molar-refractivity contribution in [3.8, 4) is 0 Å². The molecule has 20 heavy (non-hydrogen) atoms. The number of nitrogens with one attached hydrogen (secondary N) is 2. The standard InChI is InChI=1S/C15H29N3O2/c1-11(13-6-5-7-17-9-13)8-14(19)18(4)10-12(2)15(20)16-3/h11-13,17H,5-10H2,1-4H3,(H,16,20). The maximum absolute atomic E-state index is 12.2. The molecule has 0 radical (unpaired) electrons. The second kappa shape index (κ2) is 8.25. The van der Waals surface area contributed by atoms with Gasteiger partial charge in [0.25, 0.3) is 0 Å². The van der Waals surface area contributed by atoms with Gasteiger partial charge in [-0.25, -0.2) is 0 Å². The summed E-state index contributed by atoms with van der Waals surface area (Å²) in [7, 11) is 3.41. The summed E-state index contributed by atoms with van der Waals surface area (Å²) in [6.07, 6.45) is 2.98. The average Bonchev–Trinajstić information content (AvgIpc) is 2.46. The van der Waals surface area contributed by atoms with E-state index < -0.39 is 0 Å². The first-order valence-corrected chi connectivity index (χ1v) is 7.62. The zero-order chi connectivity index (χ0) is 15.1. The van der Waals surface area contributed by atoms with Gasteiger partial charge in [0.2, 0.25) is 11.8 Å². The molecule has 0 saturated carbocycles. The van der Waals surface area contributed by atoms with Crippen LogP contribution in [0, 0.1) is 17.8 Å². The van der Waals surface area contributed by atoms with E-state index in [2.05, 4.69) is 17.6 Å². The third-order valence-corrected chi connectivity index (χ3v) is 4.30. The molecule has 2 N–H and O–H groups in total. The van der Waals surface area contributed by atoms with Crippen molar-refractivity contribution in [2.45, 2.75) is 33.1 Å². The Kier molecular flexibility index (Phi) is 6.99. The number of carbonyl (C=O) groups is 2. The molecule has 1 rings (SSSR count). The van der Waals surface area contributed by atoms with Crippen LogP contribution in [-0.4, -0.2) is 50.4 Å². The summed E-state index contributed by atoms with van der Waals surface area (Å²) in [6.45, 7) is 6.60. The van der Waals surface area contributed by atoms with Crippen LogP contribution in [0.5, 0.6) is 0 Å². The Morgan fingerprint density at radius 3 is 2.65 bits per heavy atom. The van der Waals surface area contributed by atoms with Crippen LogP contribution in [0.15, 0.2) is 0 Å². The van der Waals surface area contributed by atoms with E-state index in [1.165, 1.54) is 12.8 Å². The smallest absolute Gasteiger partial charge is 0.224 e. The highest BCUT2D eigenvalue weighted by atomic mass is 16.2. The van der Waals surface area contributed by atoms with E-state index in [9.17, 15) is 9.59 Å². The Morgan fingerprint density at radius 2 is 2.10 bits per heavy atom. The summed E-state index contributed by atoms with van der Waals surface area (Å²) in [5, 5.41) is 6.01. The third kappa shape index (κ3) is 5.12. The summed E-state index contributed by atoms with van der Waals surface area (Å²) in [4.78, 5) is 25.4. The summed E-state index contributed by atoms with van der Waals surface area (Å²) in [5.41, 5.74) is 0. The molecule has 1 aliphatic rings. The van der Waals surface area contributed by atoms with E-state index in [0.717, 1.165) is 13.1 Å². The number of carbonyl (C=O) groups excluding carboxylic acids is 2. The molecule has 1 heterocycles. The molecule has 1 saturated heterocycles. The molecule has 0 aromatic rings. The summed E-state index contributed by atoms with van der Waals surface area (Å²) in [6, 6.07) is 0. The number of piperidine rings is 1. The van der Waals surface area contributed by atoms with Gasteiger partial charge >= 0.3 is 0 Å².